The Kier molecular flexibility index (Phi) is 8.98. The Balaban J connectivity index is 0.00000225. The van der Waals surface area contributed by atoms with E-state index in [1.54, 1.807) is 0 Å². The molecule has 0 amide bonds. The minimum Gasteiger partial charge on any atom is -0.381 e. The number of nitrogens with one attached hydrogen (secondary N) is 1. The van der Waals surface area contributed by atoms with Gasteiger partial charge in [0.25, 0.3) is 0 Å². The summed E-state index contributed by atoms with van der Waals surface area (Å²) in [6.45, 7) is 3.94. The minimum absolute atomic E-state index is 0. The summed E-state index contributed by atoms with van der Waals surface area (Å²) in [4.78, 5) is 4.42. The van der Waals surface area contributed by atoms with Gasteiger partial charge in [0.05, 0.1) is 13.2 Å². The van der Waals surface area contributed by atoms with Crippen LogP contribution in [0.3, 0.4) is 0 Å². The van der Waals surface area contributed by atoms with Crippen molar-refractivity contribution in [3.05, 3.63) is 29.3 Å². The van der Waals surface area contributed by atoms with Crippen LogP contribution in [-0.2, 0) is 22.3 Å². The van der Waals surface area contributed by atoms with Gasteiger partial charge >= 0.3 is 0 Å². The summed E-state index contributed by atoms with van der Waals surface area (Å²) in [6.07, 6.45) is 6.86. The highest BCUT2D eigenvalue weighted by Crippen LogP contribution is 2.27. The fourth-order valence-electron chi connectivity index (χ4n) is 3.41. The molecule has 1 aliphatic heterocycles. The molecule has 25 heavy (non-hydrogen) atoms. The fourth-order valence-corrected chi connectivity index (χ4v) is 3.41. The zero-order chi connectivity index (χ0) is 16.6. The van der Waals surface area contributed by atoms with Crippen molar-refractivity contribution in [1.29, 1.82) is 0 Å². The van der Waals surface area contributed by atoms with E-state index in [0.717, 1.165) is 51.4 Å². The molecular formula is C19H30IN3O2. The summed E-state index contributed by atoms with van der Waals surface area (Å²) in [5.74, 6) is 1.07. The highest BCUT2D eigenvalue weighted by molar-refractivity contribution is 14.0. The lowest BCUT2D eigenvalue weighted by Gasteiger charge is -2.19. The van der Waals surface area contributed by atoms with Crippen molar-refractivity contribution in [3.63, 3.8) is 0 Å². The summed E-state index contributed by atoms with van der Waals surface area (Å²) in [5, 5.41) is 3.28. The molecule has 1 aromatic rings. The second-order valence-corrected chi connectivity index (χ2v) is 6.70. The maximum atomic E-state index is 6.03. The molecule has 5 nitrogen and oxygen atoms in total. The average Bonchev–Trinajstić information content (AvgIpc) is 3.12. The first-order valence-electron chi connectivity index (χ1n) is 9.16. The molecule has 1 heterocycles. The van der Waals surface area contributed by atoms with Crippen LogP contribution in [0.2, 0.25) is 0 Å². The molecule has 0 bridgehead atoms. The Morgan fingerprint density at radius 1 is 1.32 bits per heavy atom. The largest absolute Gasteiger partial charge is 0.381 e. The molecule has 0 aromatic heterocycles. The van der Waals surface area contributed by atoms with E-state index in [4.69, 9.17) is 15.2 Å². The van der Waals surface area contributed by atoms with Gasteiger partial charge in [-0.2, -0.15) is 0 Å². The van der Waals surface area contributed by atoms with Gasteiger partial charge < -0.3 is 20.5 Å². The summed E-state index contributed by atoms with van der Waals surface area (Å²) in [7, 11) is 0. The van der Waals surface area contributed by atoms with Crippen molar-refractivity contribution < 1.29 is 9.47 Å². The highest BCUT2D eigenvalue weighted by atomic mass is 127. The third kappa shape index (κ3) is 6.42. The van der Waals surface area contributed by atoms with Gasteiger partial charge in [-0.15, -0.1) is 24.0 Å². The molecule has 3 N–H and O–H groups in total. The van der Waals surface area contributed by atoms with E-state index in [-0.39, 0.29) is 24.0 Å². The molecular weight excluding hydrogens is 429 g/mol. The number of benzene rings is 1. The topological polar surface area (TPSA) is 68.9 Å². The number of hydrogen-bond donors (Lipinski definition) is 2. The molecule has 6 heteroatoms. The van der Waals surface area contributed by atoms with Gasteiger partial charge in [0.1, 0.15) is 0 Å². The van der Waals surface area contributed by atoms with E-state index >= 15 is 0 Å². The van der Waals surface area contributed by atoms with Crippen LogP contribution < -0.4 is 11.1 Å². The van der Waals surface area contributed by atoms with Gasteiger partial charge in [-0.05, 0) is 55.7 Å². The van der Waals surface area contributed by atoms with Crippen molar-refractivity contribution in [2.75, 3.05) is 38.3 Å². The number of fused-ring (bicyclic) bond motifs is 1. The molecule has 140 valence electrons. The number of guanidine groups is 1. The van der Waals surface area contributed by atoms with Crippen LogP contribution in [-0.4, -0.2) is 38.9 Å². The minimum atomic E-state index is 0. The molecule has 1 unspecified atom stereocenters. The molecule has 1 fully saturated rings. The second kappa shape index (κ2) is 11.0. The zero-order valence-electron chi connectivity index (χ0n) is 14.8. The first-order valence-corrected chi connectivity index (χ1v) is 9.16. The van der Waals surface area contributed by atoms with Gasteiger partial charge in [0.15, 0.2) is 5.96 Å². The molecule has 0 saturated carbocycles. The van der Waals surface area contributed by atoms with Crippen LogP contribution in [0.1, 0.15) is 36.8 Å². The predicted octanol–water partition coefficient (Wildman–Crippen LogP) is 3.35. The Labute approximate surface area is 167 Å². The van der Waals surface area contributed by atoms with Crippen molar-refractivity contribution in [2.45, 2.75) is 38.5 Å². The average molecular weight is 459 g/mol. The maximum absolute atomic E-state index is 6.03. The number of nitrogens with zero attached hydrogens (tertiary/aromatic N) is 1. The number of nitrogens with two attached hydrogens (primary N) is 1. The molecule has 1 saturated heterocycles. The van der Waals surface area contributed by atoms with Crippen LogP contribution in [0.25, 0.3) is 0 Å². The number of anilines is 1. The Morgan fingerprint density at radius 3 is 3.04 bits per heavy atom. The van der Waals surface area contributed by atoms with Crippen LogP contribution in [0.5, 0.6) is 0 Å². The number of ether oxygens (including phenoxy) is 2. The van der Waals surface area contributed by atoms with Crippen molar-refractivity contribution >= 4 is 35.6 Å². The number of rotatable bonds is 7. The first kappa shape index (κ1) is 20.5. The lowest BCUT2D eigenvalue weighted by Crippen LogP contribution is -2.24. The molecule has 0 spiro atoms. The zero-order valence-corrected chi connectivity index (χ0v) is 17.2. The normalized spacial score (nSPS) is 20.0. The molecule has 3 rings (SSSR count). The van der Waals surface area contributed by atoms with E-state index in [1.807, 2.05) is 0 Å². The van der Waals surface area contributed by atoms with Crippen molar-refractivity contribution in [2.24, 2.45) is 16.6 Å². The van der Waals surface area contributed by atoms with Crippen LogP contribution in [0.15, 0.2) is 23.2 Å². The first-order chi connectivity index (χ1) is 11.8. The Morgan fingerprint density at radius 2 is 2.20 bits per heavy atom. The number of aryl methyl sites for hydroxylation is 1. The number of hydrogen-bond acceptors (Lipinski definition) is 3. The van der Waals surface area contributed by atoms with Gasteiger partial charge in [0.2, 0.25) is 0 Å². The number of halogens is 1. The smallest absolute Gasteiger partial charge is 0.193 e. The molecule has 0 radical (unpaired) electrons. The van der Waals surface area contributed by atoms with Gasteiger partial charge in [0, 0.05) is 31.4 Å². The SMILES string of the molecule is I.NC(=NCCCOCC1CCOC1)Nc1cccc2c1CCCC2. The molecule has 1 atom stereocenters. The van der Waals surface area contributed by atoms with E-state index in [0.29, 0.717) is 18.4 Å². The van der Waals surface area contributed by atoms with E-state index < -0.39 is 0 Å². The third-order valence-corrected chi connectivity index (χ3v) is 4.77. The van der Waals surface area contributed by atoms with Crippen LogP contribution >= 0.6 is 24.0 Å². The van der Waals surface area contributed by atoms with E-state index in [1.165, 1.54) is 30.4 Å². The fraction of sp³-hybridized carbons (Fsp3) is 0.632. The standard InChI is InChI=1S/C19H29N3O2.HI/c20-19(21-10-4-11-23-13-15-9-12-24-14-15)22-18-8-3-6-16-5-1-2-7-17(16)18;/h3,6,8,15H,1-2,4-5,7,9-14H2,(H3,20,21,22);1H. The van der Waals surface area contributed by atoms with Gasteiger partial charge in [-0.3, -0.25) is 4.99 Å². The van der Waals surface area contributed by atoms with Crippen LogP contribution in [0, 0.1) is 5.92 Å². The van der Waals surface area contributed by atoms with Crippen molar-refractivity contribution in [3.8, 4) is 0 Å². The van der Waals surface area contributed by atoms with Crippen molar-refractivity contribution in [1.82, 2.24) is 0 Å². The van der Waals surface area contributed by atoms with Gasteiger partial charge in [-0.1, -0.05) is 12.1 Å². The van der Waals surface area contributed by atoms with E-state index in [2.05, 4.69) is 28.5 Å². The lowest BCUT2D eigenvalue weighted by atomic mass is 9.90. The van der Waals surface area contributed by atoms with E-state index in [9.17, 15) is 0 Å². The molecule has 1 aliphatic carbocycles. The summed E-state index contributed by atoms with van der Waals surface area (Å²) in [5.41, 5.74) is 10.0. The lowest BCUT2D eigenvalue weighted by molar-refractivity contribution is 0.0893. The summed E-state index contributed by atoms with van der Waals surface area (Å²) >= 11 is 0. The molecule has 1 aromatic carbocycles. The van der Waals surface area contributed by atoms with Gasteiger partial charge in [-0.25, -0.2) is 0 Å². The predicted molar refractivity (Wildman–Crippen MR) is 113 cm³/mol. The monoisotopic (exact) mass is 459 g/mol. The Hall–Kier alpha value is -0.860. The summed E-state index contributed by atoms with van der Waals surface area (Å²) in [6, 6.07) is 6.42. The molecule has 2 aliphatic rings. The third-order valence-electron chi connectivity index (χ3n) is 4.77. The maximum Gasteiger partial charge on any atom is 0.193 e. The quantitative estimate of drug-likeness (QED) is 0.284. The second-order valence-electron chi connectivity index (χ2n) is 6.70. The Bertz CT molecular complexity index is 560. The highest BCUT2D eigenvalue weighted by Gasteiger charge is 2.15. The van der Waals surface area contributed by atoms with Crippen LogP contribution in [0.4, 0.5) is 5.69 Å². The summed E-state index contributed by atoms with van der Waals surface area (Å²) < 4.78 is 11.0. The number of aliphatic imine (C=N–C) groups is 1.